The molecule has 0 fully saturated rings. The predicted octanol–water partition coefficient (Wildman–Crippen LogP) is 5.14. The van der Waals surface area contributed by atoms with Crippen LogP contribution in [0, 0.1) is 23.7 Å². The highest BCUT2D eigenvalue weighted by atomic mass is 16.6. The van der Waals surface area contributed by atoms with Crippen molar-refractivity contribution in [2.24, 2.45) is 0 Å². The first-order chi connectivity index (χ1) is 19.8. The van der Waals surface area contributed by atoms with Crippen molar-refractivity contribution >= 4 is 23.0 Å². The summed E-state index contributed by atoms with van der Waals surface area (Å²) in [6, 6.07) is 11.9. The Labute approximate surface area is 245 Å². The number of rotatable bonds is 4. The lowest BCUT2D eigenvalue weighted by molar-refractivity contribution is 0.0511. The number of benzene rings is 2. The van der Waals surface area contributed by atoms with Crippen molar-refractivity contribution in [3.8, 4) is 23.7 Å². The normalized spacial score (nSPS) is 11.1. The Balaban J connectivity index is 1.34. The lowest BCUT2D eigenvalue weighted by atomic mass is 10.0. The van der Waals surface area contributed by atoms with E-state index in [1.54, 1.807) is 12.4 Å². The fourth-order valence-electron chi connectivity index (χ4n) is 3.65. The van der Waals surface area contributed by atoms with E-state index in [0.717, 1.165) is 21.9 Å². The van der Waals surface area contributed by atoms with Gasteiger partial charge in [0.05, 0.1) is 25.5 Å². The summed E-state index contributed by atoms with van der Waals surface area (Å²) in [6.07, 6.45) is 2.25. The van der Waals surface area contributed by atoms with E-state index >= 15 is 0 Å². The van der Waals surface area contributed by atoms with Crippen molar-refractivity contribution in [2.45, 2.75) is 65.8 Å². The molecular weight excluding hydrogens is 532 g/mol. The number of aromatic amines is 2. The van der Waals surface area contributed by atoms with E-state index in [1.807, 2.05) is 77.9 Å². The third-order valence-corrected chi connectivity index (χ3v) is 5.38. The number of nitrogens with zero attached hydrogens (tertiary/aromatic N) is 2. The molecule has 0 saturated heterocycles. The highest BCUT2D eigenvalue weighted by Gasteiger charge is 2.17. The van der Waals surface area contributed by atoms with Gasteiger partial charge in [-0.3, -0.25) is 0 Å². The maximum atomic E-state index is 11.8. The molecule has 0 radical (unpaired) electrons. The third-order valence-electron chi connectivity index (χ3n) is 5.38. The minimum absolute atomic E-state index is 0.213. The second kappa shape index (κ2) is 12.5. The smallest absolute Gasteiger partial charge is 0.408 e. The molecule has 2 heterocycles. The van der Waals surface area contributed by atoms with Gasteiger partial charge in [-0.25, -0.2) is 19.6 Å². The molecule has 0 saturated carbocycles. The largest absolute Gasteiger partial charge is 0.444 e. The number of carbonyl (C=O) groups is 2. The van der Waals surface area contributed by atoms with Crippen molar-refractivity contribution < 1.29 is 19.1 Å². The molecule has 2 aromatic heterocycles. The second-order valence-electron chi connectivity index (χ2n) is 11.5. The molecule has 2 amide bonds. The molecular formula is C32H34N6O4. The fourth-order valence-corrected chi connectivity index (χ4v) is 3.65. The van der Waals surface area contributed by atoms with Crippen LogP contribution in [-0.2, 0) is 22.6 Å². The van der Waals surface area contributed by atoms with Gasteiger partial charge in [-0.05, 0) is 88.4 Å². The molecule has 10 nitrogen and oxygen atoms in total. The molecule has 4 rings (SSSR count). The van der Waals surface area contributed by atoms with Gasteiger partial charge < -0.3 is 30.1 Å². The summed E-state index contributed by atoms with van der Waals surface area (Å²) in [5, 5.41) is 7.41. The monoisotopic (exact) mass is 566 g/mol. The zero-order valence-electron chi connectivity index (χ0n) is 24.6. The van der Waals surface area contributed by atoms with E-state index in [0.29, 0.717) is 23.0 Å². The Morgan fingerprint density at radius 3 is 1.48 bits per heavy atom. The van der Waals surface area contributed by atoms with Crippen LogP contribution in [0.15, 0.2) is 48.8 Å². The fraction of sp³-hybridized carbons (Fsp3) is 0.312. The highest BCUT2D eigenvalue weighted by molar-refractivity contribution is 5.85. The van der Waals surface area contributed by atoms with Crippen LogP contribution in [-0.4, -0.2) is 43.3 Å². The zero-order valence-corrected chi connectivity index (χ0v) is 24.6. The van der Waals surface area contributed by atoms with E-state index in [-0.39, 0.29) is 13.1 Å². The minimum Gasteiger partial charge on any atom is -0.444 e. The van der Waals surface area contributed by atoms with Crippen molar-refractivity contribution in [3.63, 3.8) is 0 Å². The van der Waals surface area contributed by atoms with E-state index in [2.05, 4.69) is 54.3 Å². The van der Waals surface area contributed by atoms with Gasteiger partial charge in [-0.1, -0.05) is 24.0 Å². The number of hydrogen-bond acceptors (Lipinski definition) is 6. The number of hydrogen-bond donors (Lipinski definition) is 4. The number of carbonyl (C=O) groups excluding carboxylic acids is 2. The summed E-state index contributed by atoms with van der Waals surface area (Å²) in [5.41, 5.74) is 1.87. The Kier molecular flexibility index (Phi) is 8.87. The van der Waals surface area contributed by atoms with Crippen molar-refractivity contribution in [2.75, 3.05) is 0 Å². The molecule has 0 atom stereocenters. The van der Waals surface area contributed by atoms with Gasteiger partial charge in [-0.2, -0.15) is 0 Å². The van der Waals surface area contributed by atoms with Crippen molar-refractivity contribution in [1.82, 2.24) is 30.6 Å². The quantitative estimate of drug-likeness (QED) is 0.253. The van der Waals surface area contributed by atoms with Crippen LogP contribution in [0.25, 0.3) is 10.8 Å². The maximum absolute atomic E-state index is 11.8. The van der Waals surface area contributed by atoms with Gasteiger partial charge in [0.1, 0.15) is 34.2 Å². The minimum atomic E-state index is -0.562. The Hall–Kier alpha value is -5.22. The van der Waals surface area contributed by atoms with Crippen LogP contribution in [0.2, 0.25) is 0 Å². The summed E-state index contributed by atoms with van der Waals surface area (Å²) < 4.78 is 10.5. The Morgan fingerprint density at radius 1 is 0.690 bits per heavy atom. The summed E-state index contributed by atoms with van der Waals surface area (Å²) in [4.78, 5) is 38.3. The van der Waals surface area contributed by atoms with Crippen LogP contribution in [0.5, 0.6) is 0 Å². The summed E-state index contributed by atoms with van der Waals surface area (Å²) in [6.45, 7) is 11.3. The predicted molar refractivity (Wildman–Crippen MR) is 159 cm³/mol. The number of fused-ring (bicyclic) bond motifs is 1. The van der Waals surface area contributed by atoms with E-state index in [4.69, 9.17) is 9.47 Å². The number of amides is 2. The highest BCUT2D eigenvalue weighted by Crippen LogP contribution is 2.18. The molecule has 0 unspecified atom stereocenters. The first kappa shape index (κ1) is 29.8. The Morgan fingerprint density at radius 2 is 1.10 bits per heavy atom. The number of aromatic nitrogens is 4. The SMILES string of the molecule is CC(C)(C)OC(=O)NCc1ncc(C#Cc2ccc3cc(C#Cc4cnc(CNC(=O)OC(C)(C)C)[nH]4)ccc3c2)[nH]1. The van der Waals surface area contributed by atoms with Gasteiger partial charge in [-0.15, -0.1) is 0 Å². The molecule has 216 valence electrons. The van der Waals surface area contributed by atoms with Gasteiger partial charge in [0.2, 0.25) is 0 Å². The number of H-pyrrole nitrogens is 2. The van der Waals surface area contributed by atoms with E-state index in [1.165, 1.54) is 0 Å². The van der Waals surface area contributed by atoms with Crippen LogP contribution in [0.1, 0.15) is 75.7 Å². The van der Waals surface area contributed by atoms with Crippen LogP contribution in [0.3, 0.4) is 0 Å². The first-order valence-corrected chi connectivity index (χ1v) is 13.4. The average molecular weight is 567 g/mol. The molecule has 0 bridgehead atoms. The number of ether oxygens (including phenoxy) is 2. The lowest BCUT2D eigenvalue weighted by Crippen LogP contribution is -2.32. The number of imidazole rings is 2. The molecule has 4 N–H and O–H groups in total. The molecule has 4 aromatic rings. The molecule has 10 heteroatoms. The summed E-state index contributed by atoms with van der Waals surface area (Å²) >= 11 is 0. The molecule has 0 spiro atoms. The van der Waals surface area contributed by atoms with Crippen molar-refractivity contribution in [3.05, 3.63) is 83.0 Å². The molecule has 0 aliphatic rings. The summed E-state index contributed by atoms with van der Waals surface area (Å²) in [7, 11) is 0. The van der Waals surface area contributed by atoms with Gasteiger partial charge in [0, 0.05) is 11.1 Å². The molecule has 42 heavy (non-hydrogen) atoms. The van der Waals surface area contributed by atoms with Crippen LogP contribution >= 0.6 is 0 Å². The van der Waals surface area contributed by atoms with Gasteiger partial charge >= 0.3 is 12.2 Å². The average Bonchev–Trinajstić information content (AvgIpc) is 3.55. The van der Waals surface area contributed by atoms with Gasteiger partial charge in [0.25, 0.3) is 0 Å². The lowest BCUT2D eigenvalue weighted by Gasteiger charge is -2.19. The number of nitrogens with one attached hydrogen (secondary N) is 4. The van der Waals surface area contributed by atoms with Gasteiger partial charge in [0.15, 0.2) is 0 Å². The van der Waals surface area contributed by atoms with Crippen LogP contribution in [0.4, 0.5) is 9.59 Å². The molecule has 0 aliphatic heterocycles. The standard InChI is InChI=1S/C32H34N6O4/c1-31(2,3)41-29(39)35-19-27-33-17-25(37-27)13-9-21-7-11-24-16-22(8-12-23(24)15-21)10-14-26-18-34-28(38-26)20-36-30(40)42-32(4,5)6/h7-8,11-12,15-18H,19-20H2,1-6H3,(H,33,37)(H,34,38)(H,35,39)(H,36,40). The van der Waals surface area contributed by atoms with Crippen LogP contribution < -0.4 is 10.6 Å². The first-order valence-electron chi connectivity index (χ1n) is 13.4. The topological polar surface area (TPSA) is 134 Å². The van der Waals surface area contributed by atoms with Crippen molar-refractivity contribution in [1.29, 1.82) is 0 Å². The Bertz CT molecular complexity index is 1590. The second-order valence-corrected chi connectivity index (χ2v) is 11.5. The third kappa shape index (κ3) is 9.46. The molecule has 0 aliphatic carbocycles. The zero-order chi connectivity index (χ0) is 30.3. The maximum Gasteiger partial charge on any atom is 0.408 e. The molecule has 2 aromatic carbocycles. The summed E-state index contributed by atoms with van der Waals surface area (Å²) in [5.74, 6) is 13.6. The van der Waals surface area contributed by atoms with E-state index < -0.39 is 23.4 Å². The van der Waals surface area contributed by atoms with E-state index in [9.17, 15) is 9.59 Å². The number of alkyl carbamates (subject to hydrolysis) is 2.